The van der Waals surface area contributed by atoms with Crippen LogP contribution in [0.4, 0.5) is 0 Å². The minimum atomic E-state index is 0.372. The predicted molar refractivity (Wildman–Crippen MR) is 88.8 cm³/mol. The summed E-state index contributed by atoms with van der Waals surface area (Å²) in [5, 5.41) is 0. The van der Waals surface area contributed by atoms with E-state index < -0.39 is 0 Å². The average Bonchev–Trinajstić information content (AvgIpc) is 2.90. The third-order valence-electron chi connectivity index (χ3n) is 6.20. The van der Waals surface area contributed by atoms with Gasteiger partial charge in [0.15, 0.2) is 0 Å². The molecule has 1 unspecified atom stereocenters. The molecule has 2 fully saturated rings. The van der Waals surface area contributed by atoms with Gasteiger partial charge in [0.05, 0.1) is 12.5 Å². The molecule has 0 bridgehead atoms. The van der Waals surface area contributed by atoms with E-state index in [2.05, 4.69) is 39.5 Å². The van der Waals surface area contributed by atoms with Crippen LogP contribution in [0, 0.1) is 22.7 Å². The second kappa shape index (κ2) is 5.19. The zero-order valence-corrected chi connectivity index (χ0v) is 13.7. The fraction of sp³-hybridized carbons (Fsp3) is 0.600. The van der Waals surface area contributed by atoms with Gasteiger partial charge in [-0.15, -0.1) is 0 Å². The van der Waals surface area contributed by atoms with Crippen LogP contribution in [-0.2, 0) is 0 Å². The van der Waals surface area contributed by atoms with Crippen molar-refractivity contribution >= 4 is 6.08 Å². The van der Waals surface area contributed by atoms with Gasteiger partial charge in [-0.05, 0) is 48.5 Å². The summed E-state index contributed by atoms with van der Waals surface area (Å²) in [4.78, 5) is 0. The summed E-state index contributed by atoms with van der Waals surface area (Å²) in [5.41, 5.74) is 3.42. The molecule has 1 heterocycles. The third kappa shape index (κ3) is 2.52. The molecule has 2 aliphatic rings. The second-order valence-corrected chi connectivity index (χ2v) is 7.99. The number of allylic oxidation sites excluding steroid dienone is 2. The fourth-order valence-electron chi connectivity index (χ4n) is 5.14. The van der Waals surface area contributed by atoms with Gasteiger partial charge in [-0.2, -0.15) is 0 Å². The summed E-state index contributed by atoms with van der Waals surface area (Å²) in [7, 11) is 0. The van der Waals surface area contributed by atoms with Gasteiger partial charge in [-0.25, -0.2) is 0 Å². The topological polar surface area (TPSA) is 13.1 Å². The van der Waals surface area contributed by atoms with Gasteiger partial charge >= 0.3 is 0 Å². The quantitative estimate of drug-likeness (QED) is 0.599. The fourth-order valence-corrected chi connectivity index (χ4v) is 5.14. The van der Waals surface area contributed by atoms with E-state index in [1.54, 1.807) is 6.26 Å². The van der Waals surface area contributed by atoms with E-state index in [1.807, 2.05) is 12.3 Å². The van der Waals surface area contributed by atoms with Crippen LogP contribution in [0.3, 0.4) is 0 Å². The first kappa shape index (κ1) is 14.7. The van der Waals surface area contributed by atoms with E-state index in [0.717, 1.165) is 11.5 Å². The Balaban J connectivity index is 1.91. The molecule has 2 aliphatic carbocycles. The molecule has 3 rings (SSSR count). The third-order valence-corrected chi connectivity index (χ3v) is 6.20. The second-order valence-electron chi connectivity index (χ2n) is 7.99. The summed E-state index contributed by atoms with van der Waals surface area (Å²) >= 11 is 0. The summed E-state index contributed by atoms with van der Waals surface area (Å²) in [5.74, 6) is 1.31. The van der Waals surface area contributed by atoms with Crippen LogP contribution >= 0.6 is 0 Å². The number of fused-ring (bicyclic) bond motifs is 1. The van der Waals surface area contributed by atoms with Crippen molar-refractivity contribution in [3.63, 3.8) is 0 Å². The number of hydrogen-bond acceptors (Lipinski definition) is 1. The van der Waals surface area contributed by atoms with Crippen molar-refractivity contribution in [1.82, 2.24) is 0 Å². The molecule has 114 valence electrons. The highest BCUT2D eigenvalue weighted by Crippen LogP contribution is 2.61. The van der Waals surface area contributed by atoms with Gasteiger partial charge in [0.25, 0.3) is 0 Å². The molecule has 0 saturated heterocycles. The van der Waals surface area contributed by atoms with Crippen LogP contribution in [0.15, 0.2) is 41.2 Å². The van der Waals surface area contributed by atoms with E-state index in [-0.39, 0.29) is 0 Å². The van der Waals surface area contributed by atoms with Crippen LogP contribution in [0.1, 0.15) is 58.4 Å². The number of rotatable bonds is 2. The molecule has 1 aromatic heterocycles. The zero-order chi connectivity index (χ0) is 15.1. The van der Waals surface area contributed by atoms with Crippen molar-refractivity contribution in [3.05, 3.63) is 42.4 Å². The van der Waals surface area contributed by atoms with Gasteiger partial charge < -0.3 is 4.42 Å². The normalized spacial score (nSPS) is 35.9. The van der Waals surface area contributed by atoms with Crippen molar-refractivity contribution in [1.29, 1.82) is 0 Å². The highest BCUT2D eigenvalue weighted by atomic mass is 16.3. The Morgan fingerprint density at radius 3 is 2.81 bits per heavy atom. The summed E-state index contributed by atoms with van der Waals surface area (Å²) < 4.78 is 5.17. The Hall–Kier alpha value is -1.24. The molecule has 0 N–H and O–H groups in total. The van der Waals surface area contributed by atoms with Crippen LogP contribution in [0.25, 0.3) is 6.08 Å². The lowest BCUT2D eigenvalue weighted by molar-refractivity contribution is -0.0389. The van der Waals surface area contributed by atoms with Crippen molar-refractivity contribution in [3.8, 4) is 0 Å². The Morgan fingerprint density at radius 2 is 2.10 bits per heavy atom. The first-order chi connectivity index (χ1) is 9.93. The Labute approximate surface area is 129 Å². The molecular weight excluding hydrogens is 256 g/mol. The van der Waals surface area contributed by atoms with Gasteiger partial charge in [0, 0.05) is 11.5 Å². The van der Waals surface area contributed by atoms with Gasteiger partial charge in [0.1, 0.15) is 0 Å². The predicted octanol–water partition coefficient (Wildman–Crippen LogP) is 6.09. The highest BCUT2D eigenvalue weighted by Gasteiger charge is 2.52. The van der Waals surface area contributed by atoms with Crippen LogP contribution in [0.2, 0.25) is 0 Å². The Bertz CT molecular complexity index is 534. The van der Waals surface area contributed by atoms with Crippen molar-refractivity contribution < 1.29 is 4.42 Å². The maximum absolute atomic E-state index is 5.17. The molecule has 1 aromatic rings. The van der Waals surface area contributed by atoms with E-state index in [4.69, 9.17) is 4.42 Å². The monoisotopic (exact) mass is 284 g/mol. The van der Waals surface area contributed by atoms with Crippen molar-refractivity contribution in [2.75, 3.05) is 0 Å². The van der Waals surface area contributed by atoms with Gasteiger partial charge in [-0.1, -0.05) is 51.5 Å². The molecule has 1 heteroatoms. The molecular formula is C20H28O. The molecule has 0 aromatic carbocycles. The maximum atomic E-state index is 5.17. The van der Waals surface area contributed by atoms with E-state index in [0.29, 0.717) is 16.7 Å². The van der Waals surface area contributed by atoms with E-state index in [9.17, 15) is 0 Å². The maximum Gasteiger partial charge on any atom is 0.0974 e. The minimum absolute atomic E-state index is 0.372. The van der Waals surface area contributed by atoms with Gasteiger partial charge in [-0.3, -0.25) is 0 Å². The first-order valence-electron chi connectivity index (χ1n) is 8.31. The molecule has 0 spiro atoms. The van der Waals surface area contributed by atoms with E-state index >= 15 is 0 Å². The van der Waals surface area contributed by atoms with Crippen LogP contribution < -0.4 is 0 Å². The lowest BCUT2D eigenvalue weighted by Gasteiger charge is -2.57. The van der Waals surface area contributed by atoms with Crippen LogP contribution in [-0.4, -0.2) is 0 Å². The zero-order valence-electron chi connectivity index (χ0n) is 13.7. The molecule has 0 amide bonds. The van der Waals surface area contributed by atoms with Crippen LogP contribution in [0.5, 0.6) is 0 Å². The van der Waals surface area contributed by atoms with Gasteiger partial charge in [0.2, 0.25) is 0 Å². The molecule has 0 aliphatic heterocycles. The lowest BCUT2D eigenvalue weighted by Crippen LogP contribution is -2.48. The smallest absolute Gasteiger partial charge is 0.0974 e. The lowest BCUT2D eigenvalue weighted by atomic mass is 9.47. The standard InChI is InChI=1S/C20H28O/c1-15-6-9-18-19(2,3)11-5-12-20(18,4)17(15)8-7-16-10-13-21-14-16/h7-8,10,13-14,17-18H,1,5-6,9,11-12H2,2-4H3/t17?,18-,20-/m1/s1. The summed E-state index contributed by atoms with van der Waals surface area (Å²) in [6.07, 6.45) is 14.7. The average molecular weight is 284 g/mol. The molecule has 2 saturated carbocycles. The summed E-state index contributed by atoms with van der Waals surface area (Å²) in [6.45, 7) is 11.9. The SMILES string of the molecule is C=C1CC[C@@H]2C(C)(C)CCC[C@]2(C)C1C=Cc1ccoc1. The molecule has 3 atom stereocenters. The van der Waals surface area contributed by atoms with E-state index in [1.165, 1.54) is 37.7 Å². The Morgan fingerprint density at radius 1 is 1.29 bits per heavy atom. The number of hydrogen-bond donors (Lipinski definition) is 0. The highest BCUT2D eigenvalue weighted by molar-refractivity contribution is 5.48. The minimum Gasteiger partial charge on any atom is -0.472 e. The largest absolute Gasteiger partial charge is 0.472 e. The molecule has 1 nitrogen and oxygen atoms in total. The molecule has 0 radical (unpaired) electrons. The molecule has 21 heavy (non-hydrogen) atoms. The summed E-state index contributed by atoms with van der Waals surface area (Å²) in [6, 6.07) is 2.02. The first-order valence-corrected chi connectivity index (χ1v) is 8.31. The Kier molecular flexibility index (Phi) is 3.63. The van der Waals surface area contributed by atoms with Crippen molar-refractivity contribution in [2.24, 2.45) is 22.7 Å². The van der Waals surface area contributed by atoms with Crippen molar-refractivity contribution in [2.45, 2.75) is 52.9 Å². The number of furan rings is 1.